The van der Waals surface area contributed by atoms with Gasteiger partial charge >= 0.3 is 12.4 Å². The van der Waals surface area contributed by atoms with E-state index in [-0.39, 0.29) is 18.4 Å². The number of hydrogen-bond donors (Lipinski definition) is 1. The van der Waals surface area contributed by atoms with E-state index >= 15 is 0 Å². The Balaban J connectivity index is 2.03. The lowest BCUT2D eigenvalue weighted by atomic mass is 9.80. The van der Waals surface area contributed by atoms with Crippen LogP contribution >= 0.6 is 0 Å². The summed E-state index contributed by atoms with van der Waals surface area (Å²) in [7, 11) is 0. The van der Waals surface area contributed by atoms with Gasteiger partial charge in [0.2, 0.25) is 5.91 Å². The Morgan fingerprint density at radius 2 is 1.84 bits per heavy atom. The van der Waals surface area contributed by atoms with Gasteiger partial charge in [-0.05, 0) is 43.9 Å². The van der Waals surface area contributed by atoms with E-state index in [1.807, 2.05) is 0 Å². The Bertz CT molecular complexity index is 610. The molecule has 3 atom stereocenters. The minimum Gasteiger partial charge on any atom is -0.349 e. The molecule has 1 saturated carbocycles. The lowest BCUT2D eigenvalue weighted by Crippen LogP contribution is -2.38. The molecule has 2 nitrogen and oxygen atoms in total. The molecule has 0 unspecified atom stereocenters. The molecule has 140 valence electrons. The first-order valence-electron chi connectivity index (χ1n) is 8.02. The SMILES string of the molecule is C[C@H](NC(=O)[C@@H]1CCC[C@@H](C(F)(F)F)C1)c1cccc(C(F)(F)F)c1. The molecule has 0 saturated heterocycles. The van der Waals surface area contributed by atoms with Crippen molar-refractivity contribution in [2.45, 2.75) is 51.0 Å². The number of carbonyl (C=O) groups excluding carboxylic acids is 1. The van der Waals surface area contributed by atoms with Gasteiger partial charge in [0.15, 0.2) is 0 Å². The normalized spacial score (nSPS) is 23.2. The largest absolute Gasteiger partial charge is 0.416 e. The molecule has 1 amide bonds. The van der Waals surface area contributed by atoms with Gasteiger partial charge in [-0.1, -0.05) is 18.6 Å². The molecule has 1 aliphatic carbocycles. The molecular formula is C17H19F6NO. The second-order valence-electron chi connectivity index (χ2n) is 6.46. The fourth-order valence-corrected chi connectivity index (χ4v) is 3.12. The standard InChI is InChI=1S/C17H19F6NO/c1-10(11-4-2-6-13(8-11)16(18,19)20)24-15(25)12-5-3-7-14(9-12)17(21,22)23/h2,4,6,8,10,12,14H,3,5,7,9H2,1H3,(H,24,25)/t10-,12+,14+/m0/s1. The van der Waals surface area contributed by atoms with Gasteiger partial charge in [-0.2, -0.15) is 26.3 Å². The van der Waals surface area contributed by atoms with Gasteiger partial charge < -0.3 is 5.32 Å². The fourth-order valence-electron chi connectivity index (χ4n) is 3.12. The predicted octanol–water partition coefficient (Wildman–Crippen LogP) is 5.25. The van der Waals surface area contributed by atoms with E-state index in [1.165, 1.54) is 19.1 Å². The van der Waals surface area contributed by atoms with Crippen molar-refractivity contribution in [3.8, 4) is 0 Å². The summed E-state index contributed by atoms with van der Waals surface area (Å²) in [5, 5.41) is 2.54. The van der Waals surface area contributed by atoms with Crippen LogP contribution in [0.1, 0.15) is 49.8 Å². The van der Waals surface area contributed by atoms with Crippen molar-refractivity contribution in [1.82, 2.24) is 5.32 Å². The monoisotopic (exact) mass is 367 g/mol. The van der Waals surface area contributed by atoms with Crippen LogP contribution in [0.15, 0.2) is 24.3 Å². The molecule has 25 heavy (non-hydrogen) atoms. The van der Waals surface area contributed by atoms with Crippen LogP contribution in [0.4, 0.5) is 26.3 Å². The average molecular weight is 367 g/mol. The van der Waals surface area contributed by atoms with Gasteiger partial charge in [-0.25, -0.2) is 0 Å². The molecule has 1 aliphatic rings. The van der Waals surface area contributed by atoms with E-state index in [4.69, 9.17) is 0 Å². The van der Waals surface area contributed by atoms with E-state index in [9.17, 15) is 31.1 Å². The quantitative estimate of drug-likeness (QED) is 0.727. The van der Waals surface area contributed by atoms with Crippen molar-refractivity contribution in [3.05, 3.63) is 35.4 Å². The third-order valence-electron chi connectivity index (χ3n) is 4.58. The summed E-state index contributed by atoms with van der Waals surface area (Å²) in [5.41, 5.74) is -0.577. The summed E-state index contributed by atoms with van der Waals surface area (Å²) in [4.78, 5) is 12.2. The molecule has 8 heteroatoms. The van der Waals surface area contributed by atoms with Crippen LogP contribution in [0, 0.1) is 11.8 Å². The molecule has 2 rings (SSSR count). The second-order valence-corrected chi connectivity index (χ2v) is 6.46. The first-order chi connectivity index (χ1) is 11.5. The Morgan fingerprint density at radius 3 is 2.44 bits per heavy atom. The number of hydrogen-bond acceptors (Lipinski definition) is 1. The Kier molecular flexibility index (Phi) is 5.68. The van der Waals surface area contributed by atoms with Crippen LogP contribution < -0.4 is 5.32 Å². The lowest BCUT2D eigenvalue weighted by Gasteiger charge is -2.30. The predicted molar refractivity (Wildman–Crippen MR) is 79.5 cm³/mol. The summed E-state index contributed by atoms with van der Waals surface area (Å²) >= 11 is 0. The highest BCUT2D eigenvalue weighted by Crippen LogP contribution is 2.40. The zero-order valence-electron chi connectivity index (χ0n) is 13.5. The highest BCUT2D eigenvalue weighted by atomic mass is 19.4. The minimum absolute atomic E-state index is 0.0104. The Morgan fingerprint density at radius 1 is 1.16 bits per heavy atom. The van der Waals surface area contributed by atoms with Crippen molar-refractivity contribution < 1.29 is 31.1 Å². The molecule has 0 radical (unpaired) electrons. The smallest absolute Gasteiger partial charge is 0.349 e. The number of rotatable bonds is 3. The second kappa shape index (κ2) is 7.25. The maximum absolute atomic E-state index is 12.8. The van der Waals surface area contributed by atoms with Gasteiger partial charge in [-0.3, -0.25) is 4.79 Å². The van der Waals surface area contributed by atoms with Crippen LogP contribution in [0.3, 0.4) is 0 Å². The highest BCUT2D eigenvalue weighted by Gasteiger charge is 2.43. The summed E-state index contributed by atoms with van der Waals surface area (Å²) in [6, 6.07) is 3.82. The number of amides is 1. The number of carbonyl (C=O) groups is 1. The molecule has 1 aromatic carbocycles. The van der Waals surface area contributed by atoms with E-state index in [2.05, 4.69) is 5.32 Å². The summed E-state index contributed by atoms with van der Waals surface area (Å²) in [5.74, 6) is -2.81. The Hall–Kier alpha value is -1.73. The van der Waals surface area contributed by atoms with Crippen molar-refractivity contribution in [2.75, 3.05) is 0 Å². The number of halogens is 6. The van der Waals surface area contributed by atoms with Crippen molar-refractivity contribution in [1.29, 1.82) is 0 Å². The molecule has 0 aromatic heterocycles. The van der Waals surface area contributed by atoms with Crippen molar-refractivity contribution in [3.63, 3.8) is 0 Å². The number of alkyl halides is 6. The molecule has 0 heterocycles. The third kappa shape index (κ3) is 5.12. The van der Waals surface area contributed by atoms with Gasteiger partial charge in [-0.15, -0.1) is 0 Å². The maximum atomic E-state index is 12.8. The Labute approximate surface area is 141 Å². The fraction of sp³-hybridized carbons (Fsp3) is 0.588. The lowest BCUT2D eigenvalue weighted by molar-refractivity contribution is -0.186. The van der Waals surface area contributed by atoms with E-state index in [0.29, 0.717) is 12.8 Å². The minimum atomic E-state index is -4.50. The van der Waals surface area contributed by atoms with Gasteiger partial charge in [0.05, 0.1) is 17.5 Å². The van der Waals surface area contributed by atoms with Crippen LogP contribution in [-0.4, -0.2) is 12.1 Å². The number of nitrogens with one attached hydrogen (secondary N) is 1. The van der Waals surface area contributed by atoms with E-state index < -0.39 is 41.7 Å². The highest BCUT2D eigenvalue weighted by molar-refractivity contribution is 5.79. The molecule has 1 aromatic rings. The molecule has 1 fully saturated rings. The van der Waals surface area contributed by atoms with Crippen molar-refractivity contribution >= 4 is 5.91 Å². The van der Waals surface area contributed by atoms with Crippen LogP contribution in [0.25, 0.3) is 0 Å². The van der Waals surface area contributed by atoms with Crippen LogP contribution in [-0.2, 0) is 11.0 Å². The average Bonchev–Trinajstić information content (AvgIpc) is 2.53. The summed E-state index contributed by atoms with van der Waals surface area (Å²) in [6.45, 7) is 1.51. The first kappa shape index (κ1) is 19.6. The zero-order valence-corrected chi connectivity index (χ0v) is 13.5. The van der Waals surface area contributed by atoms with Gasteiger partial charge in [0.25, 0.3) is 0 Å². The molecule has 1 N–H and O–H groups in total. The van der Waals surface area contributed by atoms with Gasteiger partial charge in [0.1, 0.15) is 0 Å². The van der Waals surface area contributed by atoms with E-state index in [0.717, 1.165) is 12.1 Å². The van der Waals surface area contributed by atoms with Crippen LogP contribution in [0.2, 0.25) is 0 Å². The molecule has 0 bridgehead atoms. The number of benzene rings is 1. The summed E-state index contributed by atoms with van der Waals surface area (Å²) in [6.07, 6.45) is -8.43. The van der Waals surface area contributed by atoms with Crippen LogP contribution in [0.5, 0.6) is 0 Å². The van der Waals surface area contributed by atoms with E-state index in [1.54, 1.807) is 0 Å². The molecule has 0 spiro atoms. The third-order valence-corrected chi connectivity index (χ3v) is 4.58. The maximum Gasteiger partial charge on any atom is 0.416 e. The van der Waals surface area contributed by atoms with Gasteiger partial charge in [0, 0.05) is 5.92 Å². The van der Waals surface area contributed by atoms with Crippen molar-refractivity contribution in [2.24, 2.45) is 11.8 Å². The first-order valence-corrected chi connectivity index (χ1v) is 8.02. The molecular weight excluding hydrogens is 348 g/mol. The summed E-state index contributed by atoms with van der Waals surface area (Å²) < 4.78 is 76.7. The topological polar surface area (TPSA) is 29.1 Å². The zero-order chi connectivity index (χ0) is 18.8. The molecule has 0 aliphatic heterocycles.